The maximum absolute atomic E-state index is 10.1. The molecule has 2 heteroatoms. The lowest BCUT2D eigenvalue weighted by molar-refractivity contribution is 0.155. The van der Waals surface area contributed by atoms with Crippen molar-refractivity contribution >= 4 is 16.8 Å². The Morgan fingerprint density at radius 3 is 2.00 bits per heavy atom. The minimum atomic E-state index is -0.734. The van der Waals surface area contributed by atoms with E-state index in [1.54, 1.807) is 0 Å². The summed E-state index contributed by atoms with van der Waals surface area (Å²) in [6, 6.07) is 30.7. The summed E-state index contributed by atoms with van der Waals surface area (Å²) in [4.78, 5) is 0. The molecule has 0 atom stereocenters. The third kappa shape index (κ3) is 2.54. The Morgan fingerprint density at radius 1 is 0.750 bits per heavy atom. The number of aliphatic hydroxyl groups excluding tert-OH is 1. The van der Waals surface area contributed by atoms with Crippen LogP contribution in [-0.2, 0) is 12.2 Å². The first-order chi connectivity index (χ1) is 13.8. The Hall–Kier alpha value is -3.36. The lowest BCUT2D eigenvalue weighted by Crippen LogP contribution is -2.34. The molecule has 5 rings (SSSR count). The van der Waals surface area contributed by atoms with Gasteiger partial charge in [-0.1, -0.05) is 84.9 Å². The van der Waals surface area contributed by atoms with Crippen LogP contribution in [0.4, 0.5) is 0 Å². The Labute approximate surface area is 164 Å². The summed E-state index contributed by atoms with van der Waals surface area (Å²) >= 11 is 0. The van der Waals surface area contributed by atoms with Gasteiger partial charge >= 0.3 is 0 Å². The van der Waals surface area contributed by atoms with E-state index in [-0.39, 0.29) is 6.61 Å². The van der Waals surface area contributed by atoms with Crippen LogP contribution < -0.4 is 4.74 Å². The zero-order valence-electron chi connectivity index (χ0n) is 15.4. The molecule has 0 spiro atoms. The van der Waals surface area contributed by atoms with Crippen molar-refractivity contribution in [1.82, 2.24) is 0 Å². The van der Waals surface area contributed by atoms with Gasteiger partial charge in [0.2, 0.25) is 0 Å². The molecule has 0 saturated carbocycles. The van der Waals surface area contributed by atoms with Crippen LogP contribution in [0.5, 0.6) is 5.75 Å². The van der Waals surface area contributed by atoms with Crippen molar-refractivity contribution in [3.63, 3.8) is 0 Å². The number of aliphatic hydroxyl groups is 1. The van der Waals surface area contributed by atoms with Gasteiger partial charge < -0.3 is 9.84 Å². The zero-order chi connectivity index (χ0) is 19.0. The van der Waals surface area contributed by atoms with Crippen molar-refractivity contribution in [2.75, 3.05) is 0 Å². The normalized spacial score (nSPS) is 14.5. The number of benzene rings is 4. The second-order valence-corrected chi connectivity index (χ2v) is 7.06. The molecule has 0 amide bonds. The summed E-state index contributed by atoms with van der Waals surface area (Å²) in [6.07, 6.45) is 4.27. The van der Waals surface area contributed by atoms with E-state index >= 15 is 0 Å². The van der Waals surface area contributed by atoms with Gasteiger partial charge in [0.15, 0.2) is 5.60 Å². The van der Waals surface area contributed by atoms with Crippen molar-refractivity contribution in [2.24, 2.45) is 0 Å². The molecule has 0 aromatic heterocycles. The molecule has 0 saturated heterocycles. The van der Waals surface area contributed by atoms with Crippen LogP contribution in [0.25, 0.3) is 16.8 Å². The molecule has 4 aromatic carbocycles. The highest BCUT2D eigenvalue weighted by Crippen LogP contribution is 2.45. The van der Waals surface area contributed by atoms with Gasteiger partial charge in [0.05, 0.1) is 6.61 Å². The van der Waals surface area contributed by atoms with Crippen LogP contribution in [0.2, 0.25) is 0 Å². The Kier molecular flexibility index (Phi) is 4.00. The molecule has 1 aliphatic rings. The van der Waals surface area contributed by atoms with Gasteiger partial charge in [0.1, 0.15) is 5.75 Å². The fraction of sp³-hybridized carbons (Fsp3) is 0.0769. The van der Waals surface area contributed by atoms with Gasteiger partial charge in [-0.05, 0) is 29.0 Å². The van der Waals surface area contributed by atoms with Gasteiger partial charge in [0, 0.05) is 22.3 Å². The highest BCUT2D eigenvalue weighted by Gasteiger charge is 2.38. The average molecular weight is 364 g/mol. The molecule has 0 unspecified atom stereocenters. The molecule has 1 heterocycles. The molecular weight excluding hydrogens is 344 g/mol. The van der Waals surface area contributed by atoms with E-state index < -0.39 is 5.60 Å². The topological polar surface area (TPSA) is 29.5 Å². The summed E-state index contributed by atoms with van der Waals surface area (Å²) < 4.78 is 6.78. The quantitative estimate of drug-likeness (QED) is 0.507. The number of hydrogen-bond acceptors (Lipinski definition) is 2. The summed E-state index contributed by atoms with van der Waals surface area (Å²) in [5.41, 5.74) is 3.20. The first-order valence-corrected chi connectivity index (χ1v) is 9.46. The molecule has 0 bridgehead atoms. The van der Waals surface area contributed by atoms with Crippen molar-refractivity contribution in [1.29, 1.82) is 0 Å². The van der Waals surface area contributed by atoms with Crippen molar-refractivity contribution < 1.29 is 9.84 Å². The van der Waals surface area contributed by atoms with Gasteiger partial charge in [-0.3, -0.25) is 0 Å². The number of fused-ring (bicyclic) bond motifs is 3. The first kappa shape index (κ1) is 16.8. The predicted molar refractivity (Wildman–Crippen MR) is 113 cm³/mol. The van der Waals surface area contributed by atoms with E-state index in [0.29, 0.717) is 0 Å². The SMILES string of the molecule is OCc1cc2ccccc2c2c1OC(c1ccccc1)(c1ccccc1)C=C2. The molecule has 136 valence electrons. The van der Waals surface area contributed by atoms with Crippen LogP contribution in [0.3, 0.4) is 0 Å². The highest BCUT2D eigenvalue weighted by molar-refractivity contribution is 5.95. The Bertz CT molecular complexity index is 1120. The van der Waals surface area contributed by atoms with Crippen LogP contribution in [-0.4, -0.2) is 5.11 Å². The molecule has 4 aromatic rings. The van der Waals surface area contributed by atoms with Gasteiger partial charge in [0.25, 0.3) is 0 Å². The second-order valence-electron chi connectivity index (χ2n) is 7.06. The second kappa shape index (κ2) is 6.66. The minimum absolute atomic E-state index is 0.0688. The van der Waals surface area contributed by atoms with Crippen LogP contribution in [0.1, 0.15) is 22.3 Å². The van der Waals surface area contributed by atoms with Gasteiger partial charge in [-0.15, -0.1) is 0 Å². The summed E-state index contributed by atoms with van der Waals surface area (Å²) in [7, 11) is 0. The first-order valence-electron chi connectivity index (χ1n) is 9.46. The fourth-order valence-corrected chi connectivity index (χ4v) is 4.06. The lowest BCUT2D eigenvalue weighted by atomic mass is 9.83. The van der Waals surface area contributed by atoms with Crippen LogP contribution in [0, 0.1) is 0 Å². The summed E-state index contributed by atoms with van der Waals surface area (Å²) in [5.74, 6) is 0.747. The third-order valence-electron chi connectivity index (χ3n) is 5.44. The van der Waals surface area contributed by atoms with E-state index in [4.69, 9.17) is 4.74 Å². The zero-order valence-corrected chi connectivity index (χ0v) is 15.4. The fourth-order valence-electron chi connectivity index (χ4n) is 4.06. The lowest BCUT2D eigenvalue weighted by Gasteiger charge is -2.37. The Morgan fingerprint density at radius 2 is 1.36 bits per heavy atom. The maximum atomic E-state index is 10.1. The van der Waals surface area contributed by atoms with E-state index in [1.807, 2.05) is 54.6 Å². The van der Waals surface area contributed by atoms with Crippen molar-refractivity contribution in [3.05, 3.63) is 119 Å². The van der Waals surface area contributed by atoms with Gasteiger partial charge in [-0.2, -0.15) is 0 Å². The third-order valence-corrected chi connectivity index (χ3v) is 5.44. The van der Waals surface area contributed by atoms with E-state index in [2.05, 4.69) is 48.6 Å². The van der Waals surface area contributed by atoms with Crippen LogP contribution in [0.15, 0.2) is 97.1 Å². The predicted octanol–water partition coefficient (Wildman–Crippen LogP) is 5.68. The molecule has 2 nitrogen and oxygen atoms in total. The number of ether oxygens (including phenoxy) is 1. The summed E-state index contributed by atoms with van der Waals surface area (Å²) in [5, 5.41) is 12.3. The smallest absolute Gasteiger partial charge is 0.178 e. The van der Waals surface area contributed by atoms with Crippen LogP contribution >= 0.6 is 0 Å². The molecule has 0 fully saturated rings. The molecule has 0 aliphatic carbocycles. The number of hydrogen-bond donors (Lipinski definition) is 1. The molecular formula is C26H20O2. The maximum Gasteiger partial charge on any atom is 0.178 e. The largest absolute Gasteiger partial charge is 0.473 e. The van der Waals surface area contributed by atoms with Crippen molar-refractivity contribution in [3.8, 4) is 5.75 Å². The Balaban J connectivity index is 1.79. The van der Waals surface area contributed by atoms with Crippen molar-refractivity contribution in [2.45, 2.75) is 12.2 Å². The molecule has 28 heavy (non-hydrogen) atoms. The van der Waals surface area contributed by atoms with E-state index in [1.165, 1.54) is 0 Å². The minimum Gasteiger partial charge on any atom is -0.473 e. The number of rotatable bonds is 3. The monoisotopic (exact) mass is 364 g/mol. The average Bonchev–Trinajstić information content (AvgIpc) is 2.79. The summed E-state index contributed by atoms with van der Waals surface area (Å²) in [6.45, 7) is -0.0688. The van der Waals surface area contributed by atoms with E-state index in [0.717, 1.165) is 38.8 Å². The van der Waals surface area contributed by atoms with Gasteiger partial charge in [-0.25, -0.2) is 0 Å². The molecule has 0 radical (unpaired) electrons. The highest BCUT2D eigenvalue weighted by atomic mass is 16.5. The standard InChI is InChI=1S/C26H20O2/c27-18-20-17-19-9-7-8-14-23(19)24-15-16-26(28-25(20)24,21-10-3-1-4-11-21)22-12-5-2-6-13-22/h1-17,27H,18H2. The molecule has 1 aliphatic heterocycles. The van der Waals surface area contributed by atoms with E-state index in [9.17, 15) is 5.11 Å². The molecule has 1 N–H and O–H groups in total.